The number of carbonyl (C=O) groups excluding carboxylic acids is 1. The van der Waals surface area contributed by atoms with E-state index >= 15 is 0 Å². The predicted molar refractivity (Wildman–Crippen MR) is 77.6 cm³/mol. The number of aryl methyl sites for hydroxylation is 2. The van der Waals surface area contributed by atoms with Crippen molar-refractivity contribution in [3.05, 3.63) is 29.3 Å². The van der Waals surface area contributed by atoms with E-state index < -0.39 is 5.97 Å². The van der Waals surface area contributed by atoms with Gasteiger partial charge in [-0.3, -0.25) is 9.59 Å². The van der Waals surface area contributed by atoms with Crippen LogP contribution >= 0.6 is 0 Å². The maximum Gasteiger partial charge on any atom is 0.306 e. The summed E-state index contributed by atoms with van der Waals surface area (Å²) in [6, 6.07) is 5.88. The molecule has 108 valence electrons. The Morgan fingerprint density at radius 1 is 1.15 bits per heavy atom. The number of carboxylic acids is 1. The first-order valence-electron chi connectivity index (χ1n) is 7.09. The smallest absolute Gasteiger partial charge is 0.306 e. The Morgan fingerprint density at radius 3 is 2.35 bits per heavy atom. The Labute approximate surface area is 119 Å². The van der Waals surface area contributed by atoms with E-state index in [-0.39, 0.29) is 17.7 Å². The molecule has 0 aromatic heterocycles. The highest BCUT2D eigenvalue weighted by Gasteiger charge is 2.31. The lowest BCUT2D eigenvalue weighted by Crippen LogP contribution is -2.31. The molecule has 0 radical (unpaired) electrons. The minimum atomic E-state index is -0.783. The number of aliphatic carboxylic acids is 1. The van der Waals surface area contributed by atoms with E-state index in [9.17, 15) is 9.59 Å². The van der Waals surface area contributed by atoms with Crippen LogP contribution in [0.4, 0.5) is 5.69 Å². The number of hydrogen-bond acceptors (Lipinski definition) is 2. The van der Waals surface area contributed by atoms with Crippen LogP contribution in [0.15, 0.2) is 18.2 Å². The predicted octanol–water partition coefficient (Wildman–Crippen LogP) is 3.13. The van der Waals surface area contributed by atoms with Crippen molar-refractivity contribution in [3.63, 3.8) is 0 Å². The van der Waals surface area contributed by atoms with Crippen LogP contribution in [-0.4, -0.2) is 17.0 Å². The van der Waals surface area contributed by atoms with Crippen molar-refractivity contribution in [2.75, 3.05) is 5.32 Å². The van der Waals surface area contributed by atoms with E-state index in [0.717, 1.165) is 29.7 Å². The lowest BCUT2D eigenvalue weighted by Gasteiger charge is -2.26. The molecule has 0 heterocycles. The second-order valence-corrected chi connectivity index (χ2v) is 5.65. The molecule has 1 saturated carbocycles. The van der Waals surface area contributed by atoms with Crippen molar-refractivity contribution in [2.45, 2.75) is 39.5 Å². The third kappa shape index (κ3) is 3.18. The second-order valence-electron chi connectivity index (χ2n) is 5.65. The summed E-state index contributed by atoms with van der Waals surface area (Å²) in [5.74, 6) is -1.40. The van der Waals surface area contributed by atoms with Crippen molar-refractivity contribution in [1.29, 1.82) is 0 Å². The van der Waals surface area contributed by atoms with E-state index in [4.69, 9.17) is 5.11 Å². The van der Waals surface area contributed by atoms with E-state index in [0.29, 0.717) is 12.8 Å². The summed E-state index contributed by atoms with van der Waals surface area (Å²) in [5.41, 5.74) is 2.92. The van der Waals surface area contributed by atoms with E-state index in [2.05, 4.69) is 5.32 Å². The van der Waals surface area contributed by atoms with Crippen LogP contribution in [0.1, 0.15) is 36.8 Å². The average Bonchev–Trinajstić information content (AvgIpc) is 2.43. The summed E-state index contributed by atoms with van der Waals surface area (Å²) in [6.07, 6.45) is 2.72. The lowest BCUT2D eigenvalue weighted by molar-refractivity contribution is -0.143. The molecule has 1 amide bonds. The molecular weight excluding hydrogens is 254 g/mol. The van der Waals surface area contributed by atoms with E-state index in [1.807, 2.05) is 32.0 Å². The van der Waals surface area contributed by atoms with Gasteiger partial charge in [0.25, 0.3) is 0 Å². The molecule has 0 aliphatic heterocycles. The first-order chi connectivity index (χ1) is 9.49. The van der Waals surface area contributed by atoms with Crippen LogP contribution in [0.25, 0.3) is 0 Å². The Kier molecular flexibility index (Phi) is 4.42. The Bertz CT molecular complexity index is 504. The number of para-hydroxylation sites is 1. The van der Waals surface area contributed by atoms with E-state index in [1.54, 1.807) is 0 Å². The molecule has 20 heavy (non-hydrogen) atoms. The third-order valence-electron chi connectivity index (χ3n) is 4.12. The zero-order valence-corrected chi connectivity index (χ0v) is 12.0. The van der Waals surface area contributed by atoms with Gasteiger partial charge in [-0.2, -0.15) is 0 Å². The van der Waals surface area contributed by atoms with Gasteiger partial charge in [-0.1, -0.05) is 24.6 Å². The first kappa shape index (κ1) is 14.6. The van der Waals surface area contributed by atoms with Gasteiger partial charge in [-0.25, -0.2) is 0 Å². The molecule has 0 saturated heterocycles. The maximum absolute atomic E-state index is 12.3. The lowest BCUT2D eigenvalue weighted by atomic mass is 9.81. The van der Waals surface area contributed by atoms with Gasteiger partial charge >= 0.3 is 5.97 Å². The maximum atomic E-state index is 12.3. The molecule has 2 N–H and O–H groups in total. The molecule has 2 rings (SSSR count). The molecule has 0 bridgehead atoms. The van der Waals surface area contributed by atoms with Crippen molar-refractivity contribution in [1.82, 2.24) is 0 Å². The minimum absolute atomic E-state index is 0.0478. The Balaban J connectivity index is 2.06. The van der Waals surface area contributed by atoms with Crippen LogP contribution in [-0.2, 0) is 9.59 Å². The number of nitrogens with one attached hydrogen (secondary N) is 1. The van der Waals surface area contributed by atoms with Gasteiger partial charge < -0.3 is 10.4 Å². The van der Waals surface area contributed by atoms with Gasteiger partial charge in [0.15, 0.2) is 0 Å². The largest absolute Gasteiger partial charge is 0.481 e. The van der Waals surface area contributed by atoms with Gasteiger partial charge in [-0.05, 0) is 44.2 Å². The molecule has 1 aliphatic carbocycles. The molecule has 1 aromatic rings. The standard InChI is InChI=1S/C16H21NO3/c1-10-5-3-6-11(2)14(10)17-15(18)12-7-4-8-13(9-12)16(19)20/h3,5-6,12-13H,4,7-9H2,1-2H3,(H,17,18)(H,19,20). The Hall–Kier alpha value is -1.84. The summed E-state index contributed by atoms with van der Waals surface area (Å²) in [7, 11) is 0. The number of anilines is 1. The van der Waals surface area contributed by atoms with Crippen molar-refractivity contribution < 1.29 is 14.7 Å². The summed E-state index contributed by atoms with van der Waals surface area (Å²) in [4.78, 5) is 23.4. The number of amides is 1. The van der Waals surface area contributed by atoms with Gasteiger partial charge in [0.2, 0.25) is 5.91 Å². The monoisotopic (exact) mass is 275 g/mol. The third-order valence-corrected chi connectivity index (χ3v) is 4.12. The van der Waals surface area contributed by atoms with Crippen molar-refractivity contribution >= 4 is 17.6 Å². The first-order valence-corrected chi connectivity index (χ1v) is 7.09. The molecule has 1 fully saturated rings. The second kappa shape index (κ2) is 6.07. The minimum Gasteiger partial charge on any atom is -0.481 e. The van der Waals surface area contributed by atoms with Gasteiger partial charge in [0.05, 0.1) is 5.92 Å². The number of carbonyl (C=O) groups is 2. The zero-order valence-electron chi connectivity index (χ0n) is 12.0. The highest BCUT2D eigenvalue weighted by Crippen LogP contribution is 2.31. The molecule has 0 spiro atoms. The normalized spacial score (nSPS) is 22.3. The highest BCUT2D eigenvalue weighted by atomic mass is 16.4. The fourth-order valence-corrected chi connectivity index (χ4v) is 2.89. The van der Waals surface area contributed by atoms with Crippen molar-refractivity contribution in [3.8, 4) is 0 Å². The zero-order chi connectivity index (χ0) is 14.7. The molecule has 2 atom stereocenters. The van der Waals surface area contributed by atoms with E-state index in [1.165, 1.54) is 0 Å². The SMILES string of the molecule is Cc1cccc(C)c1NC(=O)C1CCCC(C(=O)O)C1. The summed E-state index contributed by atoms with van der Waals surface area (Å²) >= 11 is 0. The topological polar surface area (TPSA) is 66.4 Å². The van der Waals surface area contributed by atoms with Crippen LogP contribution < -0.4 is 5.32 Å². The van der Waals surface area contributed by atoms with Crippen LogP contribution in [0.3, 0.4) is 0 Å². The van der Waals surface area contributed by atoms with Crippen LogP contribution in [0.2, 0.25) is 0 Å². The quantitative estimate of drug-likeness (QED) is 0.890. The van der Waals surface area contributed by atoms with Crippen LogP contribution in [0, 0.1) is 25.7 Å². The molecule has 4 nitrogen and oxygen atoms in total. The molecular formula is C16H21NO3. The number of benzene rings is 1. The molecule has 1 aliphatic rings. The number of rotatable bonds is 3. The summed E-state index contributed by atoms with van der Waals surface area (Å²) < 4.78 is 0. The molecule has 2 unspecified atom stereocenters. The highest BCUT2D eigenvalue weighted by molar-refractivity contribution is 5.94. The average molecular weight is 275 g/mol. The van der Waals surface area contributed by atoms with Crippen molar-refractivity contribution in [2.24, 2.45) is 11.8 Å². The molecule has 1 aromatic carbocycles. The number of carboxylic acid groups (broad SMARTS) is 1. The van der Waals surface area contributed by atoms with Crippen LogP contribution in [0.5, 0.6) is 0 Å². The number of hydrogen-bond donors (Lipinski definition) is 2. The fraction of sp³-hybridized carbons (Fsp3) is 0.500. The van der Waals surface area contributed by atoms with Gasteiger partial charge in [-0.15, -0.1) is 0 Å². The summed E-state index contributed by atoms with van der Waals surface area (Å²) in [6.45, 7) is 3.92. The molecule has 4 heteroatoms. The summed E-state index contributed by atoms with van der Waals surface area (Å²) in [5, 5.41) is 12.1. The Morgan fingerprint density at radius 2 is 1.75 bits per heavy atom. The van der Waals surface area contributed by atoms with Gasteiger partial charge in [0, 0.05) is 11.6 Å². The van der Waals surface area contributed by atoms with Gasteiger partial charge in [0.1, 0.15) is 0 Å². The fourth-order valence-electron chi connectivity index (χ4n) is 2.89.